The van der Waals surface area contributed by atoms with Crippen molar-refractivity contribution in [3.8, 4) is 0 Å². The molecule has 1 fully saturated rings. The van der Waals surface area contributed by atoms with Crippen LogP contribution in [-0.4, -0.2) is 25.5 Å². The molecular weight excluding hydrogens is 214 g/mol. The van der Waals surface area contributed by atoms with Crippen molar-refractivity contribution in [2.75, 3.05) is 12.8 Å². The Morgan fingerprint density at radius 2 is 2.20 bits per heavy atom. The molecule has 0 saturated carbocycles. The Morgan fingerprint density at radius 1 is 1.47 bits per heavy atom. The molecule has 0 bridgehead atoms. The van der Waals surface area contributed by atoms with Gasteiger partial charge in [0.1, 0.15) is 11.5 Å². The second kappa shape index (κ2) is 3.64. The van der Waals surface area contributed by atoms with Gasteiger partial charge in [-0.2, -0.15) is 4.31 Å². The molecule has 1 atom stereocenters. The van der Waals surface area contributed by atoms with Crippen LogP contribution in [0.2, 0.25) is 0 Å². The van der Waals surface area contributed by atoms with Crippen molar-refractivity contribution in [1.82, 2.24) is 4.31 Å². The molecule has 2 rings (SSSR count). The van der Waals surface area contributed by atoms with Crippen LogP contribution >= 0.6 is 0 Å². The van der Waals surface area contributed by atoms with Gasteiger partial charge in [0.15, 0.2) is 0 Å². The van der Waals surface area contributed by atoms with Crippen molar-refractivity contribution in [1.29, 1.82) is 0 Å². The summed E-state index contributed by atoms with van der Waals surface area (Å²) in [6.07, 6.45) is 3.00. The zero-order valence-corrected chi connectivity index (χ0v) is 9.75. The van der Waals surface area contributed by atoms with Gasteiger partial charge in [0.2, 0.25) is 10.0 Å². The predicted molar refractivity (Wildman–Crippen MR) is 57.0 cm³/mol. The highest BCUT2D eigenvalue weighted by Gasteiger charge is 2.34. The van der Waals surface area contributed by atoms with Gasteiger partial charge in [-0.15, -0.1) is 0 Å². The van der Waals surface area contributed by atoms with Crippen LogP contribution in [-0.2, 0) is 10.0 Å². The zero-order valence-electron chi connectivity index (χ0n) is 8.93. The van der Waals surface area contributed by atoms with E-state index < -0.39 is 10.0 Å². The lowest BCUT2D eigenvalue weighted by molar-refractivity contribution is 0.336. The lowest BCUT2D eigenvalue weighted by atomic mass is 10.2. The van der Waals surface area contributed by atoms with Crippen LogP contribution in [0.25, 0.3) is 0 Å². The van der Waals surface area contributed by atoms with Gasteiger partial charge in [-0.25, -0.2) is 8.42 Å². The SMILES string of the molecule is Cc1ccc([C@H]2CCCN2S(C)(=O)=O)o1. The molecule has 0 amide bonds. The molecule has 0 N–H and O–H groups in total. The first kappa shape index (κ1) is 10.7. The number of rotatable bonds is 2. The maximum Gasteiger partial charge on any atom is 0.211 e. The molecule has 0 unspecified atom stereocenters. The number of hydrogen-bond acceptors (Lipinski definition) is 3. The number of nitrogens with zero attached hydrogens (tertiary/aromatic N) is 1. The topological polar surface area (TPSA) is 50.5 Å². The van der Waals surface area contributed by atoms with E-state index in [1.165, 1.54) is 10.6 Å². The molecule has 15 heavy (non-hydrogen) atoms. The second-order valence-electron chi connectivity index (χ2n) is 3.98. The molecular formula is C10H15NO3S. The molecule has 1 aromatic heterocycles. The first-order chi connectivity index (χ1) is 6.98. The standard InChI is InChI=1S/C10H15NO3S/c1-8-5-6-10(14-8)9-4-3-7-11(9)15(2,12)13/h5-6,9H,3-4,7H2,1-2H3/t9-/m1/s1. The molecule has 1 saturated heterocycles. The normalized spacial score (nSPS) is 23.5. The highest BCUT2D eigenvalue weighted by Crippen LogP contribution is 2.34. The van der Waals surface area contributed by atoms with Crippen molar-refractivity contribution < 1.29 is 12.8 Å². The average molecular weight is 229 g/mol. The van der Waals surface area contributed by atoms with Gasteiger partial charge >= 0.3 is 0 Å². The Kier molecular flexibility index (Phi) is 2.60. The Labute approximate surface area is 89.9 Å². The number of furan rings is 1. The summed E-state index contributed by atoms with van der Waals surface area (Å²) in [6.45, 7) is 2.46. The molecule has 0 aliphatic carbocycles. The summed E-state index contributed by atoms with van der Waals surface area (Å²) in [6, 6.07) is 3.63. The van der Waals surface area contributed by atoms with Gasteiger partial charge in [0, 0.05) is 6.54 Å². The lowest BCUT2D eigenvalue weighted by Crippen LogP contribution is -2.29. The van der Waals surface area contributed by atoms with E-state index in [2.05, 4.69) is 0 Å². The summed E-state index contributed by atoms with van der Waals surface area (Å²) < 4.78 is 30.0. The van der Waals surface area contributed by atoms with E-state index in [4.69, 9.17) is 4.42 Å². The fraction of sp³-hybridized carbons (Fsp3) is 0.600. The van der Waals surface area contributed by atoms with Gasteiger partial charge in [-0.3, -0.25) is 0 Å². The van der Waals surface area contributed by atoms with Crippen molar-refractivity contribution in [3.63, 3.8) is 0 Å². The van der Waals surface area contributed by atoms with E-state index in [-0.39, 0.29) is 6.04 Å². The fourth-order valence-electron chi connectivity index (χ4n) is 2.05. The van der Waals surface area contributed by atoms with Gasteiger partial charge in [-0.1, -0.05) is 0 Å². The third kappa shape index (κ3) is 2.08. The van der Waals surface area contributed by atoms with Gasteiger partial charge in [-0.05, 0) is 31.9 Å². The largest absolute Gasteiger partial charge is 0.465 e. The summed E-state index contributed by atoms with van der Waals surface area (Å²) in [5, 5.41) is 0. The van der Waals surface area contributed by atoms with E-state index in [9.17, 15) is 8.42 Å². The molecule has 84 valence electrons. The second-order valence-corrected chi connectivity index (χ2v) is 5.92. The molecule has 1 aliphatic heterocycles. The number of sulfonamides is 1. The molecule has 5 heteroatoms. The van der Waals surface area contributed by atoms with E-state index in [1.54, 1.807) is 0 Å². The van der Waals surface area contributed by atoms with E-state index in [0.29, 0.717) is 6.54 Å². The van der Waals surface area contributed by atoms with E-state index in [0.717, 1.165) is 24.4 Å². The Bertz CT molecular complexity index is 449. The summed E-state index contributed by atoms with van der Waals surface area (Å²) in [5.74, 6) is 1.58. The Balaban J connectivity index is 2.30. The summed E-state index contributed by atoms with van der Waals surface area (Å²) >= 11 is 0. The smallest absolute Gasteiger partial charge is 0.211 e. The first-order valence-electron chi connectivity index (χ1n) is 5.01. The quantitative estimate of drug-likeness (QED) is 0.775. The maximum atomic E-state index is 11.5. The van der Waals surface area contributed by atoms with Gasteiger partial charge in [0.25, 0.3) is 0 Å². The number of hydrogen-bond donors (Lipinski definition) is 0. The van der Waals surface area contributed by atoms with Crippen molar-refractivity contribution >= 4 is 10.0 Å². The Hall–Kier alpha value is -0.810. The van der Waals surface area contributed by atoms with Crippen molar-refractivity contribution in [2.24, 2.45) is 0 Å². The fourth-order valence-corrected chi connectivity index (χ4v) is 3.19. The minimum Gasteiger partial charge on any atom is -0.465 e. The van der Waals surface area contributed by atoms with Crippen molar-refractivity contribution in [3.05, 3.63) is 23.7 Å². The Morgan fingerprint density at radius 3 is 2.73 bits per heavy atom. The third-order valence-electron chi connectivity index (χ3n) is 2.72. The summed E-state index contributed by atoms with van der Waals surface area (Å²) in [4.78, 5) is 0. The average Bonchev–Trinajstić information content (AvgIpc) is 2.68. The molecule has 4 nitrogen and oxygen atoms in total. The molecule has 0 aromatic carbocycles. The van der Waals surface area contributed by atoms with Crippen LogP contribution in [0.15, 0.2) is 16.5 Å². The predicted octanol–water partition coefficient (Wildman–Crippen LogP) is 1.68. The zero-order chi connectivity index (χ0) is 11.1. The van der Waals surface area contributed by atoms with Crippen LogP contribution < -0.4 is 0 Å². The maximum absolute atomic E-state index is 11.5. The van der Waals surface area contributed by atoms with Gasteiger partial charge < -0.3 is 4.42 Å². The molecule has 2 heterocycles. The number of aryl methyl sites for hydroxylation is 1. The third-order valence-corrected chi connectivity index (χ3v) is 4.01. The molecule has 1 aliphatic rings. The molecule has 1 aromatic rings. The van der Waals surface area contributed by atoms with Crippen molar-refractivity contribution in [2.45, 2.75) is 25.8 Å². The van der Waals surface area contributed by atoms with E-state index in [1.807, 2.05) is 19.1 Å². The van der Waals surface area contributed by atoms with Crippen LogP contribution in [0.1, 0.15) is 30.4 Å². The monoisotopic (exact) mass is 229 g/mol. The van der Waals surface area contributed by atoms with Crippen LogP contribution in [0.5, 0.6) is 0 Å². The highest BCUT2D eigenvalue weighted by atomic mass is 32.2. The summed E-state index contributed by atoms with van der Waals surface area (Å²) in [7, 11) is -3.12. The first-order valence-corrected chi connectivity index (χ1v) is 6.86. The van der Waals surface area contributed by atoms with Crippen LogP contribution in [0, 0.1) is 6.92 Å². The minimum absolute atomic E-state index is 0.103. The summed E-state index contributed by atoms with van der Waals surface area (Å²) in [5.41, 5.74) is 0. The molecule has 0 spiro atoms. The van der Waals surface area contributed by atoms with Gasteiger partial charge in [0.05, 0.1) is 12.3 Å². The lowest BCUT2D eigenvalue weighted by Gasteiger charge is -2.19. The van der Waals surface area contributed by atoms with Crippen LogP contribution in [0.4, 0.5) is 0 Å². The molecule has 0 radical (unpaired) electrons. The van der Waals surface area contributed by atoms with Crippen LogP contribution in [0.3, 0.4) is 0 Å². The van der Waals surface area contributed by atoms with E-state index >= 15 is 0 Å². The minimum atomic E-state index is -3.12. The highest BCUT2D eigenvalue weighted by molar-refractivity contribution is 7.88.